The van der Waals surface area contributed by atoms with Crippen LogP contribution in [0.5, 0.6) is 0 Å². The average Bonchev–Trinajstić information content (AvgIpc) is 1.61. The topological polar surface area (TPSA) is 0 Å². The van der Waals surface area contributed by atoms with E-state index in [1.54, 1.807) is 0 Å². The molecule has 0 aliphatic carbocycles. The molecule has 0 heterocycles. The van der Waals surface area contributed by atoms with Gasteiger partial charge >= 0.3 is 0 Å². The predicted octanol–water partition coefficient (Wildman–Crippen LogP) is 2.76. The summed E-state index contributed by atoms with van der Waals surface area (Å²) in [6.45, 7) is 0. The Morgan fingerprint density at radius 1 is 1.50 bits per heavy atom. The van der Waals surface area contributed by atoms with E-state index in [2.05, 4.69) is 55.3 Å². The summed E-state index contributed by atoms with van der Waals surface area (Å²) in [5, 5.41) is 0. The Morgan fingerprint density at radius 3 is 2.33 bits per heavy atom. The molecule has 0 saturated heterocycles. The van der Waals surface area contributed by atoms with Crippen molar-refractivity contribution in [2.24, 2.45) is 0 Å². The summed E-state index contributed by atoms with van der Waals surface area (Å²) in [7, 11) is 0. The fraction of sp³-hybridized carbons (Fsp3) is 0.500. The van der Waals surface area contributed by atoms with E-state index < -0.39 is 0 Å². The molecule has 0 bridgehead atoms. The summed E-state index contributed by atoms with van der Waals surface area (Å²) in [6, 6.07) is 0. The molecule has 0 N–H and O–H groups in total. The standard InChI is InChI=1S/C4H6I2/c5-3-1-2-4-6/h1,3H,2,4H2/b3-1+. The van der Waals surface area contributed by atoms with Crippen molar-refractivity contribution >= 4 is 45.2 Å². The Balaban J connectivity index is 2.66. The van der Waals surface area contributed by atoms with Gasteiger partial charge in [0.1, 0.15) is 0 Å². The van der Waals surface area contributed by atoms with Crippen LogP contribution in [-0.2, 0) is 0 Å². The Labute approximate surface area is 65.7 Å². The highest BCUT2D eigenvalue weighted by molar-refractivity contribution is 14.1. The number of hydrogen-bond acceptors (Lipinski definition) is 0. The molecule has 0 aliphatic heterocycles. The zero-order valence-corrected chi connectivity index (χ0v) is 7.64. The van der Waals surface area contributed by atoms with E-state index >= 15 is 0 Å². The van der Waals surface area contributed by atoms with Gasteiger partial charge in [-0.3, -0.25) is 0 Å². The molecule has 0 radical (unpaired) electrons. The van der Waals surface area contributed by atoms with Gasteiger partial charge < -0.3 is 0 Å². The van der Waals surface area contributed by atoms with E-state index in [0.29, 0.717) is 0 Å². The minimum Gasteiger partial charge on any atom is -0.0860 e. The molecular formula is C4H6I2. The van der Waals surface area contributed by atoms with Crippen LogP contribution in [0.25, 0.3) is 0 Å². The molecule has 0 aromatic rings. The van der Waals surface area contributed by atoms with Crippen LogP contribution in [0, 0.1) is 0 Å². The summed E-state index contributed by atoms with van der Waals surface area (Å²) in [6.07, 6.45) is 3.37. The Bertz CT molecular complexity index is 40.8. The summed E-state index contributed by atoms with van der Waals surface area (Å²) in [5.41, 5.74) is 0. The van der Waals surface area contributed by atoms with Crippen molar-refractivity contribution in [3.8, 4) is 0 Å². The van der Waals surface area contributed by atoms with Crippen LogP contribution < -0.4 is 0 Å². The number of rotatable bonds is 2. The lowest BCUT2D eigenvalue weighted by Gasteiger charge is -1.73. The number of hydrogen-bond donors (Lipinski definition) is 0. The van der Waals surface area contributed by atoms with E-state index in [1.807, 2.05) is 0 Å². The lowest BCUT2D eigenvalue weighted by atomic mass is 10.5. The first-order valence-corrected chi connectivity index (χ1v) is 4.50. The molecule has 0 aromatic carbocycles. The molecule has 0 amide bonds. The third kappa shape index (κ3) is 5.20. The summed E-state index contributed by atoms with van der Waals surface area (Å²) >= 11 is 4.58. The van der Waals surface area contributed by atoms with Gasteiger partial charge in [0.2, 0.25) is 0 Å². The quantitative estimate of drug-likeness (QED) is 0.543. The van der Waals surface area contributed by atoms with Gasteiger partial charge in [0.05, 0.1) is 0 Å². The van der Waals surface area contributed by atoms with Gasteiger partial charge in [-0.1, -0.05) is 51.3 Å². The molecule has 6 heavy (non-hydrogen) atoms. The van der Waals surface area contributed by atoms with Crippen LogP contribution >= 0.6 is 45.2 Å². The van der Waals surface area contributed by atoms with Gasteiger partial charge in [-0.05, 0) is 10.5 Å². The van der Waals surface area contributed by atoms with Gasteiger partial charge in [0.15, 0.2) is 0 Å². The molecule has 0 rings (SSSR count). The van der Waals surface area contributed by atoms with Crippen molar-refractivity contribution in [1.82, 2.24) is 0 Å². The van der Waals surface area contributed by atoms with E-state index in [1.165, 1.54) is 10.8 Å². The van der Waals surface area contributed by atoms with Crippen molar-refractivity contribution in [3.63, 3.8) is 0 Å². The minimum atomic E-state index is 1.21. The fourth-order valence-electron chi connectivity index (χ4n) is 0.126. The van der Waals surface area contributed by atoms with Gasteiger partial charge in [0, 0.05) is 4.43 Å². The predicted molar refractivity (Wildman–Crippen MR) is 46.7 cm³/mol. The molecule has 0 saturated carbocycles. The molecular weight excluding hydrogens is 302 g/mol. The van der Waals surface area contributed by atoms with Gasteiger partial charge in [-0.2, -0.15) is 0 Å². The monoisotopic (exact) mass is 308 g/mol. The number of allylic oxidation sites excluding steroid dienone is 1. The van der Waals surface area contributed by atoms with Gasteiger partial charge in [-0.15, -0.1) is 0 Å². The van der Waals surface area contributed by atoms with Crippen LogP contribution in [0.4, 0.5) is 0 Å². The largest absolute Gasteiger partial charge is 0.0860 e. The molecule has 0 atom stereocenters. The highest BCUT2D eigenvalue weighted by atomic mass is 127. The summed E-state index contributed by atoms with van der Waals surface area (Å²) in [4.78, 5) is 0. The van der Waals surface area contributed by atoms with E-state index in [0.717, 1.165) is 0 Å². The molecule has 0 fully saturated rings. The molecule has 0 aromatic heterocycles. The molecule has 0 nitrogen and oxygen atoms in total. The Morgan fingerprint density at radius 2 is 2.17 bits per heavy atom. The number of halogens is 2. The van der Waals surface area contributed by atoms with Crippen LogP contribution in [0.3, 0.4) is 0 Å². The van der Waals surface area contributed by atoms with Crippen LogP contribution in [0.1, 0.15) is 6.42 Å². The summed E-state index contributed by atoms with van der Waals surface area (Å²) < 4.78 is 3.29. The van der Waals surface area contributed by atoms with E-state index in [-0.39, 0.29) is 0 Å². The van der Waals surface area contributed by atoms with Crippen molar-refractivity contribution in [2.45, 2.75) is 6.42 Å². The number of alkyl halides is 1. The zero-order valence-electron chi connectivity index (χ0n) is 3.32. The van der Waals surface area contributed by atoms with E-state index in [4.69, 9.17) is 0 Å². The van der Waals surface area contributed by atoms with Crippen molar-refractivity contribution in [2.75, 3.05) is 4.43 Å². The lowest BCUT2D eigenvalue weighted by Crippen LogP contribution is -1.59. The molecule has 0 spiro atoms. The first-order chi connectivity index (χ1) is 2.91. The molecule has 36 valence electrons. The average molecular weight is 308 g/mol. The second-order valence-corrected chi connectivity index (χ2v) is 2.64. The first-order valence-electron chi connectivity index (χ1n) is 1.73. The van der Waals surface area contributed by atoms with Crippen LogP contribution in [0.2, 0.25) is 0 Å². The Hall–Kier alpha value is 1.20. The third-order valence-corrected chi connectivity index (χ3v) is 1.50. The minimum absolute atomic E-state index is 1.21. The maximum absolute atomic E-state index is 2.36. The van der Waals surface area contributed by atoms with Gasteiger partial charge in [-0.25, -0.2) is 0 Å². The molecule has 0 unspecified atom stereocenters. The van der Waals surface area contributed by atoms with Crippen molar-refractivity contribution in [3.05, 3.63) is 10.2 Å². The smallest absolute Gasteiger partial charge is 0.00301 e. The normalized spacial score (nSPS) is 10.3. The highest BCUT2D eigenvalue weighted by Crippen LogP contribution is 1.92. The zero-order chi connectivity index (χ0) is 4.83. The highest BCUT2D eigenvalue weighted by Gasteiger charge is 1.67. The van der Waals surface area contributed by atoms with Gasteiger partial charge in [0.25, 0.3) is 0 Å². The van der Waals surface area contributed by atoms with Crippen molar-refractivity contribution in [1.29, 1.82) is 0 Å². The first kappa shape index (κ1) is 7.20. The second-order valence-electron chi connectivity index (χ2n) is 0.839. The second kappa shape index (κ2) is 6.20. The molecule has 2 heteroatoms. The maximum Gasteiger partial charge on any atom is 0.00301 e. The van der Waals surface area contributed by atoms with Crippen LogP contribution in [-0.4, -0.2) is 4.43 Å². The fourth-order valence-corrected chi connectivity index (χ4v) is 0.845. The molecule has 0 aliphatic rings. The van der Waals surface area contributed by atoms with Crippen molar-refractivity contribution < 1.29 is 0 Å². The lowest BCUT2D eigenvalue weighted by molar-refractivity contribution is 1.28. The Kier molecular flexibility index (Phi) is 7.44. The SMILES string of the molecule is I/C=C/CCI. The summed E-state index contributed by atoms with van der Waals surface area (Å²) in [5.74, 6) is 0. The maximum atomic E-state index is 2.36. The van der Waals surface area contributed by atoms with Crippen LogP contribution in [0.15, 0.2) is 10.2 Å². The third-order valence-electron chi connectivity index (χ3n) is 0.365. The van der Waals surface area contributed by atoms with E-state index in [9.17, 15) is 0 Å².